The zero-order valence-electron chi connectivity index (χ0n) is 15.4. The van der Waals surface area contributed by atoms with Crippen LogP contribution in [0.2, 0.25) is 0 Å². The quantitative estimate of drug-likeness (QED) is 0.738. The molecule has 5 nitrogen and oxygen atoms in total. The molecule has 3 aromatic rings. The maximum atomic E-state index is 13.1. The van der Waals surface area contributed by atoms with Crippen molar-refractivity contribution in [2.45, 2.75) is 17.0 Å². The topological polar surface area (TPSA) is 58.6 Å². The van der Waals surface area contributed by atoms with Crippen LogP contribution in [0.25, 0.3) is 10.8 Å². The molecule has 5 rings (SSSR count). The molecule has 1 aliphatic carbocycles. The fraction of sp³-hybridized carbons (Fsp3) is 0.273. The zero-order chi connectivity index (χ0) is 19.1. The van der Waals surface area contributed by atoms with Crippen molar-refractivity contribution in [3.8, 4) is 0 Å². The highest BCUT2D eigenvalue weighted by Crippen LogP contribution is 2.47. The number of hydrogen-bond acceptors (Lipinski definition) is 4. The maximum absolute atomic E-state index is 13.1. The van der Waals surface area contributed by atoms with Gasteiger partial charge in [0.05, 0.1) is 30.2 Å². The van der Waals surface area contributed by atoms with E-state index in [1.54, 1.807) is 24.3 Å². The molecule has 0 bridgehead atoms. The Labute approximate surface area is 165 Å². The summed E-state index contributed by atoms with van der Waals surface area (Å²) in [5.41, 5.74) is 2.24. The largest absolute Gasteiger partial charge is 0.379 e. The molecule has 2 aliphatic rings. The molecule has 2 atom stereocenters. The van der Waals surface area contributed by atoms with E-state index in [9.17, 15) is 8.42 Å². The number of sulfonamides is 1. The lowest BCUT2D eigenvalue weighted by Crippen LogP contribution is -2.44. The normalized spacial score (nSPS) is 22.6. The number of nitrogens with one attached hydrogen (secondary N) is 1. The van der Waals surface area contributed by atoms with Crippen molar-refractivity contribution in [1.29, 1.82) is 0 Å². The number of morpholine rings is 1. The molecule has 1 heterocycles. The molecule has 0 saturated carbocycles. The fourth-order valence-corrected chi connectivity index (χ4v) is 5.72. The molecular weight excluding hydrogens is 372 g/mol. The minimum absolute atomic E-state index is 0.0384. The van der Waals surface area contributed by atoms with Crippen molar-refractivity contribution >= 4 is 20.8 Å². The first-order valence-electron chi connectivity index (χ1n) is 9.56. The average Bonchev–Trinajstić information content (AvgIpc) is 3.04. The molecule has 6 heteroatoms. The van der Waals surface area contributed by atoms with E-state index in [1.165, 1.54) is 10.9 Å². The SMILES string of the molecule is O=S(=O)(NC1c2cccc3cccc(c23)C1N1CCOCC1)c1ccccc1. The van der Waals surface area contributed by atoms with Gasteiger partial charge in [-0.1, -0.05) is 54.6 Å². The lowest BCUT2D eigenvalue weighted by atomic mass is 10.0. The molecule has 0 aromatic heterocycles. The number of ether oxygens (including phenoxy) is 1. The molecule has 144 valence electrons. The van der Waals surface area contributed by atoms with E-state index < -0.39 is 10.0 Å². The Hall–Kier alpha value is -2.25. The number of hydrogen-bond donors (Lipinski definition) is 1. The van der Waals surface area contributed by atoms with Gasteiger partial charge < -0.3 is 4.74 Å². The van der Waals surface area contributed by atoms with Crippen molar-refractivity contribution in [2.75, 3.05) is 26.3 Å². The number of benzene rings is 3. The van der Waals surface area contributed by atoms with Crippen molar-refractivity contribution < 1.29 is 13.2 Å². The third-order valence-corrected chi connectivity index (χ3v) is 7.17. The van der Waals surface area contributed by atoms with Crippen LogP contribution in [0, 0.1) is 0 Å². The van der Waals surface area contributed by atoms with E-state index in [-0.39, 0.29) is 12.1 Å². The van der Waals surface area contributed by atoms with Crippen molar-refractivity contribution in [2.24, 2.45) is 0 Å². The van der Waals surface area contributed by atoms with Crippen LogP contribution in [-0.2, 0) is 14.8 Å². The Balaban J connectivity index is 1.61. The molecule has 0 radical (unpaired) electrons. The third kappa shape index (κ3) is 2.93. The van der Waals surface area contributed by atoms with Gasteiger partial charge in [-0.2, -0.15) is 0 Å². The molecule has 1 N–H and O–H groups in total. The van der Waals surface area contributed by atoms with Gasteiger partial charge in [-0.25, -0.2) is 13.1 Å². The molecule has 1 saturated heterocycles. The highest BCUT2D eigenvalue weighted by atomic mass is 32.2. The first-order valence-corrected chi connectivity index (χ1v) is 11.0. The lowest BCUT2D eigenvalue weighted by Gasteiger charge is -2.36. The molecular formula is C22H22N2O3S. The Morgan fingerprint density at radius 2 is 1.54 bits per heavy atom. The zero-order valence-corrected chi connectivity index (χ0v) is 16.2. The summed E-state index contributed by atoms with van der Waals surface area (Å²) in [6.07, 6.45) is 0. The second kappa shape index (κ2) is 6.97. The molecule has 1 fully saturated rings. The summed E-state index contributed by atoms with van der Waals surface area (Å²) >= 11 is 0. The van der Waals surface area contributed by atoms with Crippen molar-refractivity contribution in [3.63, 3.8) is 0 Å². The lowest BCUT2D eigenvalue weighted by molar-refractivity contribution is 0.0106. The van der Waals surface area contributed by atoms with Crippen LogP contribution in [-0.4, -0.2) is 39.6 Å². The maximum Gasteiger partial charge on any atom is 0.241 e. The van der Waals surface area contributed by atoms with Gasteiger partial charge in [0.2, 0.25) is 10.0 Å². The Morgan fingerprint density at radius 1 is 0.857 bits per heavy atom. The molecule has 1 aliphatic heterocycles. The number of nitrogens with zero attached hydrogens (tertiary/aromatic N) is 1. The summed E-state index contributed by atoms with van der Waals surface area (Å²) in [5, 5.41) is 2.32. The van der Waals surface area contributed by atoms with Crippen LogP contribution >= 0.6 is 0 Å². The second-order valence-electron chi connectivity index (χ2n) is 7.30. The first-order chi connectivity index (χ1) is 13.6. The van der Waals surface area contributed by atoms with Gasteiger partial charge in [0, 0.05) is 13.1 Å². The van der Waals surface area contributed by atoms with E-state index >= 15 is 0 Å². The molecule has 3 aromatic carbocycles. The minimum atomic E-state index is -3.64. The van der Waals surface area contributed by atoms with Crippen molar-refractivity contribution in [1.82, 2.24) is 9.62 Å². The van der Waals surface area contributed by atoms with Gasteiger partial charge in [0.15, 0.2) is 0 Å². The standard InChI is InChI=1S/C22H22N2O3S/c25-28(26,17-8-2-1-3-9-17)23-21-18-10-4-6-16-7-5-11-19(20(16)18)22(21)24-12-14-27-15-13-24/h1-11,21-23H,12-15H2. The molecule has 2 unspecified atom stereocenters. The van der Waals surface area contributed by atoms with Gasteiger partial charge in [0.1, 0.15) is 0 Å². The highest BCUT2D eigenvalue weighted by Gasteiger charge is 2.40. The summed E-state index contributed by atoms with van der Waals surface area (Å²) in [6.45, 7) is 2.92. The van der Waals surface area contributed by atoms with Crippen LogP contribution in [0.5, 0.6) is 0 Å². The molecule has 28 heavy (non-hydrogen) atoms. The predicted octanol–water partition coefficient (Wildman–Crippen LogP) is 3.25. The second-order valence-corrected chi connectivity index (χ2v) is 9.01. The van der Waals surface area contributed by atoms with Gasteiger partial charge in [0.25, 0.3) is 0 Å². The van der Waals surface area contributed by atoms with Crippen LogP contribution in [0.1, 0.15) is 23.2 Å². The Bertz CT molecular complexity index is 1100. The van der Waals surface area contributed by atoms with Crippen LogP contribution < -0.4 is 4.72 Å². The van der Waals surface area contributed by atoms with E-state index in [0.29, 0.717) is 18.1 Å². The minimum Gasteiger partial charge on any atom is -0.379 e. The van der Waals surface area contributed by atoms with Crippen molar-refractivity contribution in [3.05, 3.63) is 77.9 Å². The predicted molar refractivity (Wildman–Crippen MR) is 109 cm³/mol. The summed E-state index contributed by atoms with van der Waals surface area (Å²) in [6, 6.07) is 20.6. The van der Waals surface area contributed by atoms with Gasteiger partial charge in [-0.05, 0) is 34.0 Å². The molecule has 0 spiro atoms. The van der Waals surface area contributed by atoms with Crippen LogP contribution in [0.4, 0.5) is 0 Å². The highest BCUT2D eigenvalue weighted by molar-refractivity contribution is 7.89. The monoisotopic (exact) mass is 394 g/mol. The summed E-state index contributed by atoms with van der Waals surface area (Å²) in [5.74, 6) is 0. The first kappa shape index (κ1) is 17.8. The van der Waals surface area contributed by atoms with Crippen LogP contribution in [0.3, 0.4) is 0 Å². The van der Waals surface area contributed by atoms with E-state index in [0.717, 1.165) is 24.0 Å². The van der Waals surface area contributed by atoms with E-state index in [1.807, 2.05) is 18.2 Å². The summed E-state index contributed by atoms with van der Waals surface area (Å²) in [7, 11) is -3.64. The van der Waals surface area contributed by atoms with Crippen LogP contribution in [0.15, 0.2) is 71.6 Å². The smallest absolute Gasteiger partial charge is 0.241 e. The average molecular weight is 394 g/mol. The van der Waals surface area contributed by atoms with Gasteiger partial charge in [-0.15, -0.1) is 0 Å². The summed E-state index contributed by atoms with van der Waals surface area (Å²) in [4.78, 5) is 2.63. The van der Waals surface area contributed by atoms with Gasteiger partial charge >= 0.3 is 0 Å². The third-order valence-electron chi connectivity index (χ3n) is 5.71. The van der Waals surface area contributed by atoms with E-state index in [2.05, 4.69) is 33.9 Å². The summed E-state index contributed by atoms with van der Waals surface area (Å²) < 4.78 is 34.8. The fourth-order valence-electron chi connectivity index (χ4n) is 4.48. The molecule has 0 amide bonds. The Morgan fingerprint density at radius 3 is 2.25 bits per heavy atom. The Kier molecular flexibility index (Phi) is 4.44. The number of rotatable bonds is 4. The van der Waals surface area contributed by atoms with Gasteiger partial charge in [-0.3, -0.25) is 4.90 Å². The van der Waals surface area contributed by atoms with E-state index in [4.69, 9.17) is 4.74 Å².